The highest BCUT2D eigenvalue weighted by molar-refractivity contribution is 6.05. The molecule has 148 valence electrons. The maximum absolute atomic E-state index is 13.8. The monoisotopic (exact) mass is 372 g/mol. The number of hydrogen-bond acceptors (Lipinski definition) is 4. The molecule has 0 aromatic heterocycles. The second kappa shape index (κ2) is 4.71. The van der Waals surface area contributed by atoms with Gasteiger partial charge in [-0.05, 0) is 56.4 Å². The van der Waals surface area contributed by atoms with Crippen LogP contribution < -0.4 is 0 Å². The Kier molecular flexibility index (Phi) is 3.00. The zero-order valence-electron chi connectivity index (χ0n) is 17.0. The van der Waals surface area contributed by atoms with Crippen molar-refractivity contribution in [3.8, 4) is 0 Å². The molecule has 6 fully saturated rings. The number of carbonyl (C=O) groups excluding carboxylic acids is 1. The van der Waals surface area contributed by atoms with Gasteiger partial charge in [0.2, 0.25) is 0 Å². The number of carbonyl (C=O) groups is 1. The van der Waals surface area contributed by atoms with Crippen molar-refractivity contribution in [3.63, 3.8) is 0 Å². The van der Waals surface area contributed by atoms with Gasteiger partial charge in [0, 0.05) is 17.3 Å². The fraction of sp³-hybridized carbons (Fsp3) is 0.870. The molecule has 2 saturated heterocycles. The van der Waals surface area contributed by atoms with Crippen LogP contribution in [0.15, 0.2) is 12.2 Å². The SMILES string of the molecule is C=C1C(=O)C23[C@@H]4OC(C)(C)O[C@@H]2C[C@@H]2C(C)(C)CCC[C@]25CO[C@H](C[C@@H]14)[C@H]35. The maximum atomic E-state index is 13.8. The van der Waals surface area contributed by atoms with Crippen molar-refractivity contribution in [2.75, 3.05) is 6.61 Å². The minimum atomic E-state index is -0.646. The zero-order valence-corrected chi connectivity index (χ0v) is 17.0. The summed E-state index contributed by atoms with van der Waals surface area (Å²) >= 11 is 0. The molecule has 2 aliphatic heterocycles. The van der Waals surface area contributed by atoms with Crippen LogP contribution in [-0.4, -0.2) is 36.5 Å². The lowest BCUT2D eigenvalue weighted by Gasteiger charge is -2.67. The third kappa shape index (κ3) is 1.72. The quantitative estimate of drug-likeness (QED) is 0.605. The van der Waals surface area contributed by atoms with Gasteiger partial charge in [-0.25, -0.2) is 0 Å². The molecular weight excluding hydrogens is 340 g/mol. The van der Waals surface area contributed by atoms with Gasteiger partial charge in [-0.2, -0.15) is 0 Å². The van der Waals surface area contributed by atoms with Crippen LogP contribution in [0.2, 0.25) is 0 Å². The third-order valence-electron chi connectivity index (χ3n) is 9.45. The van der Waals surface area contributed by atoms with E-state index in [-0.39, 0.29) is 46.8 Å². The molecule has 4 heteroatoms. The molecule has 2 bridgehead atoms. The van der Waals surface area contributed by atoms with E-state index in [0.29, 0.717) is 5.92 Å². The van der Waals surface area contributed by atoms with Gasteiger partial charge in [0.05, 0.1) is 30.3 Å². The Morgan fingerprint density at radius 2 is 1.85 bits per heavy atom. The van der Waals surface area contributed by atoms with Gasteiger partial charge in [-0.1, -0.05) is 26.8 Å². The molecule has 2 spiro atoms. The number of rotatable bonds is 0. The summed E-state index contributed by atoms with van der Waals surface area (Å²) in [4.78, 5) is 13.8. The molecule has 27 heavy (non-hydrogen) atoms. The highest BCUT2D eigenvalue weighted by Gasteiger charge is 2.81. The summed E-state index contributed by atoms with van der Waals surface area (Å²) in [6.07, 6.45) is 5.49. The van der Waals surface area contributed by atoms with Gasteiger partial charge in [0.15, 0.2) is 11.6 Å². The second-order valence-corrected chi connectivity index (χ2v) is 11.4. The van der Waals surface area contributed by atoms with E-state index in [1.165, 1.54) is 19.3 Å². The van der Waals surface area contributed by atoms with Crippen molar-refractivity contribution < 1.29 is 19.0 Å². The Labute approximate surface area is 162 Å². The topological polar surface area (TPSA) is 44.8 Å². The molecule has 0 amide bonds. The first-order valence-electron chi connectivity index (χ1n) is 10.8. The molecule has 0 N–H and O–H groups in total. The van der Waals surface area contributed by atoms with Crippen LogP contribution in [0.5, 0.6) is 0 Å². The van der Waals surface area contributed by atoms with Crippen molar-refractivity contribution in [2.45, 2.75) is 83.9 Å². The van der Waals surface area contributed by atoms with E-state index < -0.39 is 11.2 Å². The van der Waals surface area contributed by atoms with Crippen molar-refractivity contribution in [3.05, 3.63) is 12.2 Å². The molecular formula is C23H32O4. The average Bonchev–Trinajstić information content (AvgIpc) is 3.00. The lowest BCUT2D eigenvalue weighted by atomic mass is 9.39. The van der Waals surface area contributed by atoms with Crippen LogP contribution in [0.1, 0.15) is 59.8 Å². The largest absolute Gasteiger partial charge is 0.377 e. The number of hydrogen-bond donors (Lipinski definition) is 0. The van der Waals surface area contributed by atoms with Gasteiger partial charge in [-0.15, -0.1) is 0 Å². The van der Waals surface area contributed by atoms with Crippen LogP contribution in [0.3, 0.4) is 0 Å². The molecule has 0 radical (unpaired) electrons. The number of ether oxygens (including phenoxy) is 3. The van der Waals surface area contributed by atoms with Crippen molar-refractivity contribution >= 4 is 5.78 Å². The van der Waals surface area contributed by atoms with Gasteiger partial charge < -0.3 is 14.2 Å². The zero-order chi connectivity index (χ0) is 19.0. The molecule has 1 unspecified atom stereocenters. The Hall–Kier alpha value is -0.710. The predicted octanol–water partition coefficient (Wildman–Crippen LogP) is 3.88. The Morgan fingerprint density at radius 3 is 2.63 bits per heavy atom. The first-order chi connectivity index (χ1) is 12.6. The van der Waals surface area contributed by atoms with E-state index in [1.54, 1.807) is 0 Å². The molecule has 4 aliphatic carbocycles. The molecule has 4 saturated carbocycles. The highest BCUT2D eigenvalue weighted by Crippen LogP contribution is 2.75. The van der Waals surface area contributed by atoms with Crippen molar-refractivity contribution in [2.24, 2.45) is 34.0 Å². The van der Waals surface area contributed by atoms with Gasteiger partial charge in [0.25, 0.3) is 0 Å². The summed E-state index contributed by atoms with van der Waals surface area (Å²) < 4.78 is 19.6. The van der Waals surface area contributed by atoms with E-state index in [1.807, 2.05) is 13.8 Å². The molecule has 0 aromatic rings. The van der Waals surface area contributed by atoms with E-state index >= 15 is 0 Å². The molecule has 2 heterocycles. The molecule has 0 aromatic carbocycles. The number of Topliss-reactive ketones (excluding diaryl/α,β-unsaturated/α-hetero) is 1. The van der Waals surface area contributed by atoms with Gasteiger partial charge in [-0.3, -0.25) is 4.79 Å². The summed E-state index contributed by atoms with van der Waals surface area (Å²) in [6.45, 7) is 13.9. The van der Waals surface area contributed by atoms with Gasteiger partial charge >= 0.3 is 0 Å². The minimum absolute atomic E-state index is 0.0782. The van der Waals surface area contributed by atoms with Crippen LogP contribution in [0.25, 0.3) is 0 Å². The van der Waals surface area contributed by atoms with Crippen LogP contribution >= 0.6 is 0 Å². The minimum Gasteiger partial charge on any atom is -0.377 e. The fourth-order valence-electron chi connectivity index (χ4n) is 8.77. The maximum Gasteiger partial charge on any atom is 0.170 e. The Morgan fingerprint density at radius 1 is 1.07 bits per heavy atom. The lowest BCUT2D eigenvalue weighted by molar-refractivity contribution is -0.379. The third-order valence-corrected chi connectivity index (χ3v) is 9.45. The molecule has 8 atom stereocenters. The van der Waals surface area contributed by atoms with E-state index in [4.69, 9.17) is 14.2 Å². The van der Waals surface area contributed by atoms with E-state index in [0.717, 1.165) is 25.0 Å². The lowest BCUT2D eigenvalue weighted by Crippen LogP contribution is -2.73. The smallest absolute Gasteiger partial charge is 0.170 e. The van der Waals surface area contributed by atoms with E-state index in [9.17, 15) is 4.79 Å². The fourth-order valence-corrected chi connectivity index (χ4v) is 8.77. The standard InChI is InChI=1S/C23H32O4/c1-12-13-9-14-17-22(11-25-14)8-6-7-20(2,3)15(22)10-16-23(17,18(12)24)19(13)27-21(4,5)26-16/h13-17,19H,1,6-11H2,2-5H3/t13-,14+,15+,16+,17-,19+,22-,23?/m0/s1. The summed E-state index contributed by atoms with van der Waals surface area (Å²) in [7, 11) is 0. The average molecular weight is 373 g/mol. The highest BCUT2D eigenvalue weighted by atomic mass is 16.7. The van der Waals surface area contributed by atoms with Crippen LogP contribution in [0.4, 0.5) is 0 Å². The Bertz CT molecular complexity index is 753. The van der Waals surface area contributed by atoms with Crippen molar-refractivity contribution in [1.29, 1.82) is 0 Å². The van der Waals surface area contributed by atoms with Crippen LogP contribution in [-0.2, 0) is 19.0 Å². The van der Waals surface area contributed by atoms with Crippen molar-refractivity contribution in [1.82, 2.24) is 0 Å². The first-order valence-corrected chi connectivity index (χ1v) is 10.8. The predicted molar refractivity (Wildman–Crippen MR) is 99.9 cm³/mol. The number of ketones is 1. The summed E-state index contributed by atoms with van der Waals surface area (Å²) in [5.41, 5.74) is 0.559. The summed E-state index contributed by atoms with van der Waals surface area (Å²) in [5, 5.41) is 0. The second-order valence-electron chi connectivity index (χ2n) is 11.4. The molecule has 6 aliphatic rings. The first kappa shape index (κ1) is 17.2. The summed E-state index contributed by atoms with van der Waals surface area (Å²) in [5.74, 6) is 0.437. The van der Waals surface area contributed by atoms with Gasteiger partial charge in [0.1, 0.15) is 0 Å². The van der Waals surface area contributed by atoms with Crippen LogP contribution in [0, 0.1) is 34.0 Å². The molecule has 4 nitrogen and oxygen atoms in total. The Balaban J connectivity index is 1.60. The van der Waals surface area contributed by atoms with E-state index in [2.05, 4.69) is 20.4 Å². The summed E-state index contributed by atoms with van der Waals surface area (Å²) in [6, 6.07) is 0. The normalized spacial score (nSPS) is 56.6. The molecule has 6 rings (SSSR count).